The van der Waals surface area contributed by atoms with Crippen molar-refractivity contribution in [2.75, 3.05) is 26.6 Å². The minimum Gasteiger partial charge on any atom is -0.493 e. The number of carbonyl (C=O) groups is 2. The van der Waals surface area contributed by atoms with Gasteiger partial charge < -0.3 is 25.3 Å². The Bertz CT molecular complexity index is 543. The SMILES string of the molecule is COC(=O)c1cc(NC(=O)CCC(C)N)c(OC)c(OC)c1. The zero-order valence-electron chi connectivity index (χ0n) is 13.3. The standard InChI is InChI=1S/C15H22N2O5/c1-9(16)5-6-13(18)17-11-7-10(15(19)22-4)8-12(20-2)14(11)21-3/h7-9H,5-6,16H2,1-4H3,(H,17,18). The molecule has 1 unspecified atom stereocenters. The van der Waals surface area contributed by atoms with Crippen LogP contribution in [0.25, 0.3) is 0 Å². The van der Waals surface area contributed by atoms with Crippen molar-refractivity contribution in [1.29, 1.82) is 0 Å². The molecule has 0 saturated heterocycles. The van der Waals surface area contributed by atoms with Gasteiger partial charge in [0.25, 0.3) is 0 Å². The number of benzene rings is 1. The van der Waals surface area contributed by atoms with Crippen molar-refractivity contribution in [2.45, 2.75) is 25.8 Å². The van der Waals surface area contributed by atoms with Crippen molar-refractivity contribution < 1.29 is 23.8 Å². The maximum Gasteiger partial charge on any atom is 0.338 e. The molecule has 0 fully saturated rings. The van der Waals surface area contributed by atoms with Crippen molar-refractivity contribution in [3.63, 3.8) is 0 Å². The number of rotatable bonds is 7. The molecule has 1 aromatic rings. The minimum atomic E-state index is -0.535. The lowest BCUT2D eigenvalue weighted by molar-refractivity contribution is -0.116. The zero-order valence-corrected chi connectivity index (χ0v) is 13.3. The molecule has 0 aliphatic rings. The first-order valence-electron chi connectivity index (χ1n) is 6.82. The van der Waals surface area contributed by atoms with Crippen LogP contribution >= 0.6 is 0 Å². The summed E-state index contributed by atoms with van der Waals surface area (Å²) >= 11 is 0. The summed E-state index contributed by atoms with van der Waals surface area (Å²) in [6, 6.07) is 2.91. The van der Waals surface area contributed by atoms with E-state index in [1.165, 1.54) is 33.5 Å². The van der Waals surface area contributed by atoms with Gasteiger partial charge in [-0.1, -0.05) is 0 Å². The van der Waals surface area contributed by atoms with E-state index in [2.05, 4.69) is 10.1 Å². The molecule has 0 radical (unpaired) electrons. The number of esters is 1. The van der Waals surface area contributed by atoms with Crippen LogP contribution in [0.15, 0.2) is 12.1 Å². The van der Waals surface area contributed by atoms with E-state index in [0.717, 1.165) is 0 Å². The molecule has 0 heterocycles. The average Bonchev–Trinajstić information content (AvgIpc) is 2.51. The lowest BCUT2D eigenvalue weighted by Gasteiger charge is -2.15. The first kappa shape index (κ1) is 17.8. The van der Waals surface area contributed by atoms with Crippen LogP contribution in [0.3, 0.4) is 0 Å². The highest BCUT2D eigenvalue weighted by Crippen LogP contribution is 2.37. The van der Waals surface area contributed by atoms with E-state index in [-0.39, 0.29) is 23.9 Å². The third kappa shape index (κ3) is 4.63. The summed E-state index contributed by atoms with van der Waals surface area (Å²) in [6.45, 7) is 1.83. The number of anilines is 1. The third-order valence-electron chi connectivity index (χ3n) is 3.00. The summed E-state index contributed by atoms with van der Waals surface area (Å²) in [4.78, 5) is 23.6. The number of hydrogen-bond donors (Lipinski definition) is 2. The van der Waals surface area contributed by atoms with Gasteiger partial charge in [0.05, 0.1) is 32.6 Å². The van der Waals surface area contributed by atoms with Gasteiger partial charge >= 0.3 is 5.97 Å². The summed E-state index contributed by atoms with van der Waals surface area (Å²) in [5, 5.41) is 2.70. The fourth-order valence-corrected chi connectivity index (χ4v) is 1.86. The second kappa shape index (κ2) is 8.23. The highest BCUT2D eigenvalue weighted by Gasteiger charge is 2.18. The molecule has 1 amide bonds. The number of carbonyl (C=O) groups excluding carboxylic acids is 2. The maximum atomic E-state index is 12.0. The molecule has 0 aromatic heterocycles. The summed E-state index contributed by atoms with van der Waals surface area (Å²) in [5.41, 5.74) is 6.23. The number of amides is 1. The van der Waals surface area contributed by atoms with Crippen LogP contribution in [0.4, 0.5) is 5.69 Å². The van der Waals surface area contributed by atoms with Gasteiger partial charge in [0.2, 0.25) is 5.91 Å². The molecule has 7 heteroatoms. The number of ether oxygens (including phenoxy) is 3. The fourth-order valence-electron chi connectivity index (χ4n) is 1.86. The van der Waals surface area contributed by atoms with E-state index in [1.807, 2.05) is 6.92 Å². The number of hydrogen-bond acceptors (Lipinski definition) is 6. The van der Waals surface area contributed by atoms with Gasteiger partial charge in [0.1, 0.15) is 0 Å². The molecule has 0 aliphatic carbocycles. The van der Waals surface area contributed by atoms with Gasteiger partial charge in [-0.15, -0.1) is 0 Å². The lowest BCUT2D eigenvalue weighted by atomic mass is 10.1. The van der Waals surface area contributed by atoms with Crippen molar-refractivity contribution in [1.82, 2.24) is 0 Å². The molecule has 1 atom stereocenters. The van der Waals surface area contributed by atoms with E-state index in [1.54, 1.807) is 0 Å². The number of nitrogens with two attached hydrogens (primary N) is 1. The van der Waals surface area contributed by atoms with Gasteiger partial charge in [0.15, 0.2) is 11.5 Å². The molecular formula is C15H22N2O5. The summed E-state index contributed by atoms with van der Waals surface area (Å²) in [7, 11) is 4.17. The van der Waals surface area contributed by atoms with Gasteiger partial charge in [-0.3, -0.25) is 4.79 Å². The van der Waals surface area contributed by atoms with Crippen LogP contribution in [-0.2, 0) is 9.53 Å². The second-order valence-corrected chi connectivity index (χ2v) is 4.82. The van der Waals surface area contributed by atoms with Gasteiger partial charge in [-0.25, -0.2) is 4.79 Å². The predicted molar refractivity (Wildman–Crippen MR) is 82.4 cm³/mol. The molecule has 122 valence electrons. The van der Waals surface area contributed by atoms with E-state index in [0.29, 0.717) is 23.6 Å². The number of methoxy groups -OCH3 is 3. The van der Waals surface area contributed by atoms with Gasteiger partial charge in [-0.05, 0) is 25.5 Å². The Morgan fingerprint density at radius 1 is 1.23 bits per heavy atom. The Kier molecular flexibility index (Phi) is 6.65. The summed E-state index contributed by atoms with van der Waals surface area (Å²) in [5.74, 6) is -0.0936. The van der Waals surface area contributed by atoms with Crippen molar-refractivity contribution in [3.8, 4) is 11.5 Å². The number of nitrogens with one attached hydrogen (secondary N) is 1. The van der Waals surface area contributed by atoms with Crippen LogP contribution < -0.4 is 20.5 Å². The Hall–Kier alpha value is -2.28. The second-order valence-electron chi connectivity index (χ2n) is 4.82. The lowest BCUT2D eigenvalue weighted by Crippen LogP contribution is -2.20. The molecule has 0 aliphatic heterocycles. The molecule has 0 saturated carbocycles. The normalized spacial score (nSPS) is 11.5. The average molecular weight is 310 g/mol. The Balaban J connectivity index is 3.09. The first-order valence-corrected chi connectivity index (χ1v) is 6.82. The smallest absolute Gasteiger partial charge is 0.338 e. The van der Waals surface area contributed by atoms with Crippen LogP contribution in [-0.4, -0.2) is 39.2 Å². The van der Waals surface area contributed by atoms with Gasteiger partial charge in [-0.2, -0.15) is 0 Å². The molecule has 7 nitrogen and oxygen atoms in total. The molecular weight excluding hydrogens is 288 g/mol. The van der Waals surface area contributed by atoms with Crippen LogP contribution in [0, 0.1) is 0 Å². The van der Waals surface area contributed by atoms with E-state index >= 15 is 0 Å². The topological polar surface area (TPSA) is 99.9 Å². The minimum absolute atomic E-state index is 0.0661. The van der Waals surface area contributed by atoms with Crippen molar-refractivity contribution >= 4 is 17.6 Å². The first-order chi connectivity index (χ1) is 10.4. The summed E-state index contributed by atoms with van der Waals surface area (Å²) < 4.78 is 15.1. The molecule has 0 spiro atoms. The zero-order chi connectivity index (χ0) is 16.7. The largest absolute Gasteiger partial charge is 0.493 e. The van der Waals surface area contributed by atoms with Crippen molar-refractivity contribution in [2.24, 2.45) is 5.73 Å². The highest BCUT2D eigenvalue weighted by molar-refractivity contribution is 5.97. The Labute approximate surface area is 129 Å². The fraction of sp³-hybridized carbons (Fsp3) is 0.467. The molecule has 1 rings (SSSR count). The predicted octanol–water partition coefficient (Wildman–Crippen LogP) is 1.56. The monoisotopic (exact) mass is 310 g/mol. The van der Waals surface area contributed by atoms with Crippen LogP contribution in [0.1, 0.15) is 30.1 Å². The van der Waals surface area contributed by atoms with Crippen LogP contribution in [0.2, 0.25) is 0 Å². The summed E-state index contributed by atoms with van der Waals surface area (Å²) in [6.07, 6.45) is 0.827. The molecule has 0 bridgehead atoms. The quantitative estimate of drug-likeness (QED) is 0.741. The van der Waals surface area contributed by atoms with Gasteiger partial charge in [0, 0.05) is 12.5 Å². The van der Waals surface area contributed by atoms with Crippen LogP contribution in [0.5, 0.6) is 11.5 Å². The third-order valence-corrected chi connectivity index (χ3v) is 3.00. The maximum absolute atomic E-state index is 12.0. The molecule has 3 N–H and O–H groups in total. The van der Waals surface area contributed by atoms with E-state index in [4.69, 9.17) is 15.2 Å². The van der Waals surface area contributed by atoms with E-state index < -0.39 is 5.97 Å². The van der Waals surface area contributed by atoms with Crippen molar-refractivity contribution in [3.05, 3.63) is 17.7 Å². The molecule has 22 heavy (non-hydrogen) atoms. The highest BCUT2D eigenvalue weighted by atomic mass is 16.5. The van der Waals surface area contributed by atoms with E-state index in [9.17, 15) is 9.59 Å². The molecule has 1 aromatic carbocycles. The Morgan fingerprint density at radius 3 is 2.41 bits per heavy atom. The Morgan fingerprint density at radius 2 is 1.91 bits per heavy atom.